The SMILES string of the molecule is CCNC(=O)c1ccccc1[C@H](c1ccccc1)c1ccc(Cl)cc1. The van der Waals surface area contributed by atoms with Crippen LogP contribution in [-0.4, -0.2) is 12.5 Å². The Balaban J connectivity index is 2.16. The van der Waals surface area contributed by atoms with Crippen molar-refractivity contribution < 1.29 is 4.79 Å². The van der Waals surface area contributed by atoms with Crippen LogP contribution in [0.4, 0.5) is 0 Å². The second-order valence-corrected chi connectivity index (χ2v) is 6.28. The fourth-order valence-electron chi connectivity index (χ4n) is 3.06. The van der Waals surface area contributed by atoms with Crippen molar-refractivity contribution >= 4 is 17.5 Å². The summed E-state index contributed by atoms with van der Waals surface area (Å²) in [7, 11) is 0. The first kappa shape index (κ1) is 17.2. The van der Waals surface area contributed by atoms with E-state index < -0.39 is 0 Å². The molecule has 0 saturated heterocycles. The number of benzene rings is 3. The minimum atomic E-state index is -0.0482. The van der Waals surface area contributed by atoms with Crippen LogP contribution in [0.25, 0.3) is 0 Å². The third-order valence-corrected chi connectivity index (χ3v) is 4.44. The van der Waals surface area contributed by atoms with Crippen LogP contribution in [0.2, 0.25) is 5.02 Å². The summed E-state index contributed by atoms with van der Waals surface area (Å²) in [6, 6.07) is 25.8. The molecule has 3 aromatic rings. The number of hydrogen-bond donors (Lipinski definition) is 1. The summed E-state index contributed by atoms with van der Waals surface area (Å²) in [5.74, 6) is -0.0785. The van der Waals surface area contributed by atoms with Crippen molar-refractivity contribution in [1.29, 1.82) is 0 Å². The molecule has 1 atom stereocenters. The molecule has 25 heavy (non-hydrogen) atoms. The van der Waals surface area contributed by atoms with Gasteiger partial charge in [0.25, 0.3) is 5.91 Å². The molecular weight excluding hydrogens is 330 g/mol. The smallest absolute Gasteiger partial charge is 0.251 e. The van der Waals surface area contributed by atoms with E-state index in [1.165, 1.54) is 0 Å². The molecule has 0 spiro atoms. The number of hydrogen-bond acceptors (Lipinski definition) is 1. The third kappa shape index (κ3) is 3.92. The van der Waals surface area contributed by atoms with Crippen LogP contribution in [0, 0.1) is 0 Å². The first-order chi connectivity index (χ1) is 12.2. The Morgan fingerprint density at radius 1 is 0.880 bits per heavy atom. The maximum Gasteiger partial charge on any atom is 0.251 e. The van der Waals surface area contributed by atoms with Gasteiger partial charge in [-0.3, -0.25) is 4.79 Å². The standard InChI is InChI=1S/C22H20ClNO/c1-2-24-22(25)20-11-7-6-10-19(20)21(16-8-4-3-5-9-16)17-12-14-18(23)15-13-17/h3-15,21H,2H2,1H3,(H,24,25)/t21-/m1/s1. The molecule has 0 saturated carbocycles. The maximum atomic E-state index is 12.6. The van der Waals surface area contributed by atoms with Crippen molar-refractivity contribution in [3.63, 3.8) is 0 Å². The molecule has 2 nitrogen and oxygen atoms in total. The average Bonchev–Trinajstić information content (AvgIpc) is 2.65. The summed E-state index contributed by atoms with van der Waals surface area (Å²) >= 11 is 6.07. The van der Waals surface area contributed by atoms with Gasteiger partial charge in [-0.1, -0.05) is 72.3 Å². The lowest BCUT2D eigenvalue weighted by molar-refractivity contribution is 0.0955. The van der Waals surface area contributed by atoms with E-state index in [2.05, 4.69) is 17.4 Å². The molecule has 3 aromatic carbocycles. The highest BCUT2D eigenvalue weighted by Gasteiger charge is 2.22. The summed E-state index contributed by atoms with van der Waals surface area (Å²) in [6.45, 7) is 2.53. The minimum absolute atomic E-state index is 0.0303. The summed E-state index contributed by atoms with van der Waals surface area (Å²) in [6.07, 6.45) is 0. The Bertz CT molecular complexity index is 843. The van der Waals surface area contributed by atoms with Gasteiger partial charge >= 0.3 is 0 Å². The van der Waals surface area contributed by atoms with Gasteiger partial charge in [-0.25, -0.2) is 0 Å². The second-order valence-electron chi connectivity index (χ2n) is 5.84. The largest absolute Gasteiger partial charge is 0.352 e. The molecule has 1 amide bonds. The molecule has 0 aliphatic carbocycles. The first-order valence-corrected chi connectivity index (χ1v) is 8.76. The number of rotatable bonds is 5. The van der Waals surface area contributed by atoms with E-state index in [1.54, 1.807) is 0 Å². The van der Waals surface area contributed by atoms with Gasteiger partial charge in [0.15, 0.2) is 0 Å². The van der Waals surface area contributed by atoms with Gasteiger partial charge in [-0.2, -0.15) is 0 Å². The Morgan fingerprint density at radius 3 is 2.16 bits per heavy atom. The predicted octanol–water partition coefficient (Wildman–Crippen LogP) is 5.27. The molecule has 0 heterocycles. The number of halogens is 1. The number of carbonyl (C=O) groups is 1. The van der Waals surface area contributed by atoms with Crippen LogP contribution in [0.5, 0.6) is 0 Å². The van der Waals surface area contributed by atoms with Crippen LogP contribution < -0.4 is 5.32 Å². The van der Waals surface area contributed by atoms with Crippen LogP contribution >= 0.6 is 11.6 Å². The Hall–Kier alpha value is -2.58. The van der Waals surface area contributed by atoms with Crippen LogP contribution in [-0.2, 0) is 0 Å². The molecule has 1 N–H and O–H groups in total. The lowest BCUT2D eigenvalue weighted by atomic mass is 9.82. The maximum absolute atomic E-state index is 12.6. The number of carbonyl (C=O) groups excluding carboxylic acids is 1. The normalized spacial score (nSPS) is 11.8. The summed E-state index contributed by atoms with van der Waals surface area (Å²) in [4.78, 5) is 12.6. The third-order valence-electron chi connectivity index (χ3n) is 4.19. The van der Waals surface area contributed by atoms with Crippen molar-refractivity contribution in [3.8, 4) is 0 Å². The quantitative estimate of drug-likeness (QED) is 0.624. The highest BCUT2D eigenvalue weighted by molar-refractivity contribution is 6.30. The Morgan fingerprint density at radius 2 is 1.48 bits per heavy atom. The van der Waals surface area contributed by atoms with E-state index in [9.17, 15) is 4.79 Å². The Labute approximate surface area is 153 Å². The molecule has 3 rings (SSSR count). The molecule has 0 aromatic heterocycles. The van der Waals surface area contributed by atoms with Gasteiger partial charge in [-0.05, 0) is 41.8 Å². The highest BCUT2D eigenvalue weighted by Crippen LogP contribution is 2.34. The molecule has 0 unspecified atom stereocenters. The van der Waals surface area contributed by atoms with Crippen molar-refractivity contribution in [1.82, 2.24) is 5.32 Å². The van der Waals surface area contributed by atoms with Gasteiger partial charge in [0.05, 0.1) is 0 Å². The van der Waals surface area contributed by atoms with E-state index in [1.807, 2.05) is 73.7 Å². The lowest BCUT2D eigenvalue weighted by Crippen LogP contribution is -2.24. The highest BCUT2D eigenvalue weighted by atomic mass is 35.5. The summed E-state index contributed by atoms with van der Waals surface area (Å²) < 4.78 is 0. The monoisotopic (exact) mass is 349 g/mol. The zero-order valence-corrected chi connectivity index (χ0v) is 14.8. The van der Waals surface area contributed by atoms with E-state index in [0.29, 0.717) is 17.1 Å². The summed E-state index contributed by atoms with van der Waals surface area (Å²) in [5, 5.41) is 3.61. The van der Waals surface area contributed by atoms with Gasteiger partial charge in [-0.15, -0.1) is 0 Å². The predicted molar refractivity (Wildman–Crippen MR) is 103 cm³/mol. The summed E-state index contributed by atoms with van der Waals surface area (Å²) in [5.41, 5.74) is 3.93. The van der Waals surface area contributed by atoms with Gasteiger partial charge in [0, 0.05) is 23.0 Å². The van der Waals surface area contributed by atoms with Crippen molar-refractivity contribution in [2.24, 2.45) is 0 Å². The molecule has 0 aliphatic heterocycles. The van der Waals surface area contributed by atoms with Crippen molar-refractivity contribution in [3.05, 3.63) is 106 Å². The molecule has 3 heteroatoms. The number of amides is 1. The molecular formula is C22H20ClNO. The zero-order valence-electron chi connectivity index (χ0n) is 14.1. The fraction of sp³-hybridized carbons (Fsp3) is 0.136. The zero-order chi connectivity index (χ0) is 17.6. The van der Waals surface area contributed by atoms with Crippen LogP contribution in [0.1, 0.15) is 39.9 Å². The molecule has 126 valence electrons. The lowest BCUT2D eigenvalue weighted by Gasteiger charge is -2.21. The van der Waals surface area contributed by atoms with Crippen LogP contribution in [0.3, 0.4) is 0 Å². The van der Waals surface area contributed by atoms with E-state index in [0.717, 1.165) is 16.7 Å². The van der Waals surface area contributed by atoms with Gasteiger partial charge in [0.2, 0.25) is 0 Å². The van der Waals surface area contributed by atoms with Crippen LogP contribution in [0.15, 0.2) is 78.9 Å². The average molecular weight is 350 g/mol. The van der Waals surface area contributed by atoms with E-state index in [-0.39, 0.29) is 11.8 Å². The Kier molecular flexibility index (Phi) is 5.52. The first-order valence-electron chi connectivity index (χ1n) is 8.38. The molecule has 0 radical (unpaired) electrons. The molecule has 0 bridgehead atoms. The fourth-order valence-corrected chi connectivity index (χ4v) is 3.19. The molecule has 0 fully saturated rings. The van der Waals surface area contributed by atoms with E-state index in [4.69, 9.17) is 11.6 Å². The topological polar surface area (TPSA) is 29.1 Å². The van der Waals surface area contributed by atoms with Crippen molar-refractivity contribution in [2.75, 3.05) is 6.54 Å². The van der Waals surface area contributed by atoms with E-state index >= 15 is 0 Å². The minimum Gasteiger partial charge on any atom is -0.352 e. The van der Waals surface area contributed by atoms with Gasteiger partial charge in [0.1, 0.15) is 0 Å². The van der Waals surface area contributed by atoms with Crippen molar-refractivity contribution in [2.45, 2.75) is 12.8 Å². The molecule has 0 aliphatic rings. The van der Waals surface area contributed by atoms with Gasteiger partial charge < -0.3 is 5.32 Å². The second kappa shape index (κ2) is 8.00. The number of nitrogens with one attached hydrogen (secondary N) is 1.